The number of carbonyl (C=O) groups is 4. The Balaban J connectivity index is 1.34. The fraction of sp³-hybridized carbons (Fsp3) is 0.524. The number of aromatic nitrogens is 2. The molecule has 2 amide bonds. The summed E-state index contributed by atoms with van der Waals surface area (Å²) in [7, 11) is 1.57. The zero-order chi connectivity index (χ0) is 41.4. The van der Waals surface area contributed by atoms with Crippen molar-refractivity contribution < 1.29 is 38.5 Å². The van der Waals surface area contributed by atoms with Crippen LogP contribution in [0.3, 0.4) is 0 Å². The van der Waals surface area contributed by atoms with E-state index in [4.69, 9.17) is 24.2 Å². The van der Waals surface area contributed by atoms with E-state index in [1.807, 2.05) is 46.1 Å². The van der Waals surface area contributed by atoms with E-state index in [1.54, 1.807) is 25.3 Å². The van der Waals surface area contributed by atoms with Crippen molar-refractivity contribution in [3.63, 3.8) is 0 Å². The number of alkyl carbamates (subject to hydrolysis) is 1. The minimum atomic E-state index is -1.27. The van der Waals surface area contributed by atoms with Gasteiger partial charge in [-0.3, -0.25) is 14.4 Å². The number of rotatable bonds is 15. The van der Waals surface area contributed by atoms with Crippen molar-refractivity contribution in [1.29, 1.82) is 0 Å². The Morgan fingerprint density at radius 1 is 1.12 bits per heavy atom. The molecule has 1 aliphatic heterocycles. The summed E-state index contributed by atoms with van der Waals surface area (Å²) in [5.74, 6) is -1.08. The standard InChI is InChI=1S/C42H52BrN5O8S/c1-9-24-18-42(24,38(51)52)19-31(49)30-16-26(20-48(30)37(50)36(41(5,6)7)47-40(53)56-25-12-10-11-13-25)55-33-17-28(29-21-57-39(46-29)44-23(4)22(2)3)45-35-27(33)14-15-32(54-8)34(35)43/h9,14-15,17,21-22,24-26,30,36H,1,4,10-13,16,18-20H2,2-3,5-8H3,(H,44,46)(H,47,53)(H,51,52)/t24-,26-,30+,36-,42-/m1/s1. The second-order valence-corrected chi connectivity index (χ2v) is 18.4. The molecule has 306 valence electrons. The molecule has 57 heavy (non-hydrogen) atoms. The van der Waals surface area contributed by atoms with Gasteiger partial charge in [0.2, 0.25) is 5.91 Å². The van der Waals surface area contributed by atoms with Gasteiger partial charge in [0.05, 0.1) is 40.8 Å². The molecule has 6 rings (SSSR count). The van der Waals surface area contributed by atoms with Gasteiger partial charge in [0.15, 0.2) is 10.9 Å². The van der Waals surface area contributed by atoms with Crippen LogP contribution in [0.25, 0.3) is 22.3 Å². The fourth-order valence-corrected chi connectivity index (χ4v) is 8.99. The maximum Gasteiger partial charge on any atom is 0.408 e. The number of hydrogen-bond acceptors (Lipinski definition) is 11. The average molecular weight is 867 g/mol. The molecule has 5 atom stereocenters. The van der Waals surface area contributed by atoms with E-state index in [2.05, 4.69) is 39.7 Å². The fourth-order valence-electron chi connectivity index (χ4n) is 7.66. The van der Waals surface area contributed by atoms with Crippen LogP contribution in [0.2, 0.25) is 0 Å². The van der Waals surface area contributed by atoms with Crippen molar-refractivity contribution in [2.45, 2.75) is 104 Å². The number of ketones is 1. The van der Waals surface area contributed by atoms with Gasteiger partial charge in [-0.05, 0) is 77.4 Å². The Labute approximate surface area is 345 Å². The maximum absolute atomic E-state index is 14.7. The van der Waals surface area contributed by atoms with Crippen LogP contribution in [0.5, 0.6) is 11.5 Å². The first-order valence-electron chi connectivity index (χ1n) is 19.4. The van der Waals surface area contributed by atoms with Gasteiger partial charge in [0.1, 0.15) is 35.4 Å². The molecule has 1 aromatic carbocycles. The zero-order valence-corrected chi connectivity index (χ0v) is 35.8. The van der Waals surface area contributed by atoms with E-state index in [-0.39, 0.29) is 43.1 Å². The minimum absolute atomic E-state index is 0.00465. The molecule has 3 N–H and O–H groups in total. The van der Waals surface area contributed by atoms with Gasteiger partial charge in [-0.2, -0.15) is 0 Å². The molecule has 0 radical (unpaired) electrons. The Morgan fingerprint density at radius 3 is 2.46 bits per heavy atom. The van der Waals surface area contributed by atoms with Gasteiger partial charge in [0.25, 0.3) is 0 Å². The number of anilines is 1. The van der Waals surface area contributed by atoms with Gasteiger partial charge >= 0.3 is 12.1 Å². The number of hydrogen-bond donors (Lipinski definition) is 3. The molecule has 3 fully saturated rings. The summed E-state index contributed by atoms with van der Waals surface area (Å²) in [6.07, 6.45) is 3.58. The quantitative estimate of drug-likeness (QED) is 0.126. The Hall–Kier alpha value is -4.50. The number of carboxylic acid groups (broad SMARTS) is 1. The van der Waals surface area contributed by atoms with Crippen molar-refractivity contribution in [3.8, 4) is 22.9 Å². The van der Waals surface area contributed by atoms with Crippen LogP contribution < -0.4 is 20.1 Å². The summed E-state index contributed by atoms with van der Waals surface area (Å²) in [6, 6.07) is 3.35. The van der Waals surface area contributed by atoms with Crippen molar-refractivity contribution in [2.75, 3.05) is 19.0 Å². The molecule has 0 bridgehead atoms. The molecule has 1 saturated heterocycles. The van der Waals surface area contributed by atoms with Crippen molar-refractivity contribution in [2.24, 2.45) is 22.7 Å². The average Bonchev–Trinajstić information content (AvgIpc) is 3.57. The highest BCUT2D eigenvalue weighted by Crippen LogP contribution is 2.56. The second-order valence-electron chi connectivity index (χ2n) is 16.7. The van der Waals surface area contributed by atoms with Crippen LogP contribution >= 0.6 is 27.3 Å². The Kier molecular flexibility index (Phi) is 12.4. The summed E-state index contributed by atoms with van der Waals surface area (Å²) < 4.78 is 18.6. The molecule has 15 heteroatoms. The number of carboxylic acids is 1. The summed E-state index contributed by atoms with van der Waals surface area (Å²) in [5.41, 5.74) is 0.461. The van der Waals surface area contributed by atoms with E-state index < -0.39 is 47.0 Å². The van der Waals surface area contributed by atoms with Gasteiger partial charge in [-0.15, -0.1) is 17.9 Å². The van der Waals surface area contributed by atoms with E-state index in [0.29, 0.717) is 49.8 Å². The number of aliphatic carboxylic acids is 1. The van der Waals surface area contributed by atoms with Gasteiger partial charge in [-0.25, -0.2) is 14.8 Å². The lowest BCUT2D eigenvalue weighted by molar-refractivity contribution is -0.147. The molecule has 0 spiro atoms. The van der Waals surface area contributed by atoms with Crippen molar-refractivity contribution in [1.82, 2.24) is 20.2 Å². The minimum Gasteiger partial charge on any atom is -0.495 e. The number of likely N-dealkylation sites (tertiary alicyclic amines) is 1. The lowest BCUT2D eigenvalue weighted by Crippen LogP contribution is -2.57. The number of nitrogens with one attached hydrogen (secondary N) is 2. The van der Waals surface area contributed by atoms with Crippen molar-refractivity contribution >= 4 is 67.1 Å². The monoisotopic (exact) mass is 865 g/mol. The largest absolute Gasteiger partial charge is 0.495 e. The number of halogens is 1. The van der Waals surface area contributed by atoms with Gasteiger partial charge < -0.3 is 34.9 Å². The Bertz CT molecular complexity index is 2070. The number of carbonyl (C=O) groups excluding carboxylic acids is 3. The van der Waals surface area contributed by atoms with Crippen LogP contribution in [0.15, 0.2) is 53.0 Å². The van der Waals surface area contributed by atoms with Crippen LogP contribution in [0.4, 0.5) is 9.93 Å². The molecule has 13 nitrogen and oxygen atoms in total. The summed E-state index contributed by atoms with van der Waals surface area (Å²) >= 11 is 5.08. The number of amides is 2. The highest BCUT2D eigenvalue weighted by Gasteiger charge is 2.61. The van der Waals surface area contributed by atoms with Gasteiger partial charge in [0, 0.05) is 35.4 Å². The maximum atomic E-state index is 14.7. The molecule has 2 saturated carbocycles. The van der Waals surface area contributed by atoms with E-state index in [1.165, 1.54) is 16.2 Å². The molecular weight excluding hydrogens is 814 g/mol. The molecule has 0 unspecified atom stereocenters. The molecule has 2 aromatic heterocycles. The number of nitrogens with zero attached hydrogens (tertiary/aromatic N) is 3. The predicted octanol–water partition coefficient (Wildman–Crippen LogP) is 8.38. The highest BCUT2D eigenvalue weighted by molar-refractivity contribution is 9.10. The highest BCUT2D eigenvalue weighted by atomic mass is 79.9. The van der Waals surface area contributed by atoms with E-state index in [0.717, 1.165) is 31.4 Å². The first kappa shape index (κ1) is 42.1. The number of Topliss-reactive ketones (excluding diaryl/α,β-unsaturated/α-hetero) is 1. The number of thiazole rings is 1. The number of methoxy groups -OCH3 is 1. The number of benzene rings is 1. The van der Waals surface area contributed by atoms with E-state index in [9.17, 15) is 24.3 Å². The second kappa shape index (κ2) is 16.8. The lowest BCUT2D eigenvalue weighted by Gasteiger charge is -2.35. The van der Waals surface area contributed by atoms with Crippen LogP contribution in [0.1, 0.15) is 79.6 Å². The Morgan fingerprint density at radius 2 is 1.84 bits per heavy atom. The third-order valence-electron chi connectivity index (χ3n) is 11.3. The van der Waals surface area contributed by atoms with Crippen molar-refractivity contribution in [3.05, 3.63) is 53.0 Å². The number of allylic oxidation sites excluding steroid dienone is 2. The molecule has 3 heterocycles. The first-order chi connectivity index (χ1) is 26.9. The van der Waals surface area contributed by atoms with Crippen LogP contribution in [0, 0.1) is 22.7 Å². The summed E-state index contributed by atoms with van der Waals surface area (Å²) in [4.78, 5) is 65.7. The number of ether oxygens (including phenoxy) is 3. The summed E-state index contributed by atoms with van der Waals surface area (Å²) in [5, 5.41) is 19.5. The van der Waals surface area contributed by atoms with Gasteiger partial charge in [-0.1, -0.05) is 47.3 Å². The predicted molar refractivity (Wildman–Crippen MR) is 222 cm³/mol. The first-order valence-corrected chi connectivity index (χ1v) is 21.0. The van der Waals surface area contributed by atoms with E-state index >= 15 is 0 Å². The third-order valence-corrected chi connectivity index (χ3v) is 12.8. The molecule has 3 aliphatic rings. The zero-order valence-electron chi connectivity index (χ0n) is 33.4. The number of pyridine rings is 1. The van der Waals surface area contributed by atoms with Crippen LogP contribution in [-0.4, -0.2) is 81.7 Å². The number of fused-ring (bicyclic) bond motifs is 1. The SMILES string of the molecule is C=C[C@@H]1C[C@]1(CC(=O)[C@@H]1C[C@@H](Oc2cc(-c3csc(NC(=C)C(C)C)n3)nc3c(Br)c(OC)ccc23)CN1C(=O)[C@@H](NC(=O)OC1CCCC1)C(C)(C)C)C(=O)O. The third kappa shape index (κ3) is 8.99. The topological polar surface area (TPSA) is 169 Å². The molecule has 2 aliphatic carbocycles. The normalized spacial score (nSPS) is 22.6. The molecular formula is C42H52BrN5O8S. The van der Waals surface area contributed by atoms with Crippen LogP contribution in [-0.2, 0) is 19.1 Å². The summed E-state index contributed by atoms with van der Waals surface area (Å²) in [6.45, 7) is 17.5. The smallest absolute Gasteiger partial charge is 0.408 e. The molecule has 3 aromatic rings. The lowest BCUT2D eigenvalue weighted by atomic mass is 9.85.